The highest BCUT2D eigenvalue weighted by Gasteiger charge is 2.27. The minimum Gasteiger partial charge on any atom is -0.481 e. The molecule has 2 rings (SSSR count). The summed E-state index contributed by atoms with van der Waals surface area (Å²) in [5.41, 5.74) is 0.599. The maximum atomic E-state index is 12.5. The fourth-order valence-electron chi connectivity index (χ4n) is 1.95. The average Bonchev–Trinajstić information content (AvgIpc) is 3.02. The monoisotopic (exact) mass is 290 g/mol. The van der Waals surface area contributed by atoms with Crippen molar-refractivity contribution in [2.75, 3.05) is 12.4 Å². The first kappa shape index (κ1) is 14.9. The maximum Gasteiger partial charge on any atom is 0.249 e. The summed E-state index contributed by atoms with van der Waals surface area (Å²) in [6.45, 7) is 4.00. The van der Waals surface area contributed by atoms with Gasteiger partial charge >= 0.3 is 0 Å². The Balaban J connectivity index is 2.14. The van der Waals surface area contributed by atoms with E-state index in [1.807, 2.05) is 13.8 Å². The summed E-state index contributed by atoms with van der Waals surface area (Å²) in [5.74, 6) is 0.412. The molecule has 0 aliphatic rings. The number of methoxy groups -OCH3 is 1. The number of nitrogens with one attached hydrogen (secondary N) is 1. The summed E-state index contributed by atoms with van der Waals surface area (Å²) < 4.78 is 6.45. The average molecular weight is 290 g/mol. The van der Waals surface area contributed by atoms with Crippen molar-refractivity contribution < 1.29 is 9.53 Å². The molecule has 0 fully saturated rings. The molecule has 8 heteroatoms. The molecule has 2 aromatic heterocycles. The topological polar surface area (TPSA) is 94.8 Å². The van der Waals surface area contributed by atoms with Gasteiger partial charge < -0.3 is 10.1 Å². The van der Waals surface area contributed by atoms with Crippen LogP contribution < -0.4 is 10.1 Å². The van der Waals surface area contributed by atoms with Crippen molar-refractivity contribution in [2.45, 2.75) is 26.3 Å². The molecule has 112 valence electrons. The molecule has 0 aliphatic carbocycles. The maximum absolute atomic E-state index is 12.5. The molecule has 0 spiro atoms. The normalized spacial score (nSPS) is 13.5. The molecular formula is C13H18N6O2. The van der Waals surface area contributed by atoms with Crippen molar-refractivity contribution in [3.63, 3.8) is 0 Å². The Kier molecular flexibility index (Phi) is 4.81. The van der Waals surface area contributed by atoms with Crippen LogP contribution in [0.15, 0.2) is 24.7 Å². The smallest absolute Gasteiger partial charge is 0.249 e. The minimum atomic E-state index is -0.466. The predicted octanol–water partition coefficient (Wildman–Crippen LogP) is 1.30. The fourth-order valence-corrected chi connectivity index (χ4v) is 1.95. The van der Waals surface area contributed by atoms with Crippen molar-refractivity contribution in [1.29, 1.82) is 0 Å². The van der Waals surface area contributed by atoms with Gasteiger partial charge in [-0.2, -0.15) is 0 Å². The number of amides is 1. The summed E-state index contributed by atoms with van der Waals surface area (Å²) in [7, 11) is 1.54. The van der Waals surface area contributed by atoms with Gasteiger partial charge in [0, 0.05) is 6.07 Å². The Morgan fingerprint density at radius 3 is 2.81 bits per heavy atom. The number of aromatic nitrogens is 5. The highest BCUT2D eigenvalue weighted by Crippen LogP contribution is 2.22. The minimum absolute atomic E-state index is 0.0970. The van der Waals surface area contributed by atoms with Gasteiger partial charge in [0.05, 0.1) is 19.0 Å². The summed E-state index contributed by atoms with van der Waals surface area (Å²) in [5, 5.41) is 13.8. The Morgan fingerprint density at radius 1 is 1.48 bits per heavy atom. The van der Waals surface area contributed by atoms with Crippen molar-refractivity contribution in [2.24, 2.45) is 5.92 Å². The molecular weight excluding hydrogens is 272 g/mol. The second-order valence-corrected chi connectivity index (χ2v) is 4.70. The van der Waals surface area contributed by atoms with Crippen molar-refractivity contribution >= 4 is 11.6 Å². The number of anilines is 1. The van der Waals surface area contributed by atoms with Crippen LogP contribution >= 0.6 is 0 Å². The van der Waals surface area contributed by atoms with Crippen LogP contribution in [0.5, 0.6) is 5.88 Å². The van der Waals surface area contributed by atoms with Gasteiger partial charge in [-0.15, -0.1) is 5.10 Å². The Bertz CT molecular complexity index is 569. The molecule has 0 bridgehead atoms. The molecule has 1 N–H and O–H groups in total. The number of carbonyl (C=O) groups excluding carboxylic acids is 1. The first-order valence-electron chi connectivity index (χ1n) is 6.69. The van der Waals surface area contributed by atoms with Crippen molar-refractivity contribution in [3.8, 4) is 5.88 Å². The van der Waals surface area contributed by atoms with Gasteiger partial charge in [-0.25, -0.2) is 9.67 Å². The van der Waals surface area contributed by atoms with E-state index < -0.39 is 6.04 Å². The fraction of sp³-hybridized carbons (Fsp3) is 0.462. The largest absolute Gasteiger partial charge is 0.481 e. The van der Waals surface area contributed by atoms with E-state index in [1.165, 1.54) is 18.1 Å². The molecule has 21 heavy (non-hydrogen) atoms. The van der Waals surface area contributed by atoms with Crippen LogP contribution in [-0.4, -0.2) is 38.2 Å². The van der Waals surface area contributed by atoms with Crippen LogP contribution in [-0.2, 0) is 4.79 Å². The second-order valence-electron chi connectivity index (χ2n) is 4.70. The van der Waals surface area contributed by atoms with Gasteiger partial charge in [-0.05, 0) is 22.4 Å². The Morgan fingerprint density at radius 2 is 2.29 bits per heavy atom. The van der Waals surface area contributed by atoms with Crippen LogP contribution in [0.2, 0.25) is 0 Å². The molecule has 2 heterocycles. The molecule has 0 aliphatic heterocycles. The van der Waals surface area contributed by atoms with Crippen LogP contribution in [0.1, 0.15) is 26.3 Å². The third kappa shape index (κ3) is 3.53. The van der Waals surface area contributed by atoms with Gasteiger partial charge in [-0.3, -0.25) is 4.79 Å². The zero-order valence-corrected chi connectivity index (χ0v) is 12.2. The van der Waals surface area contributed by atoms with E-state index in [0.717, 1.165) is 6.42 Å². The summed E-state index contributed by atoms with van der Waals surface area (Å²) in [4.78, 5) is 16.5. The van der Waals surface area contributed by atoms with Gasteiger partial charge in [0.25, 0.3) is 0 Å². The number of pyridine rings is 1. The van der Waals surface area contributed by atoms with E-state index in [2.05, 4.69) is 25.8 Å². The number of nitrogens with zero attached hydrogens (tertiary/aromatic N) is 5. The number of ether oxygens (including phenoxy) is 1. The summed E-state index contributed by atoms with van der Waals surface area (Å²) >= 11 is 0. The van der Waals surface area contributed by atoms with E-state index in [1.54, 1.807) is 18.3 Å². The van der Waals surface area contributed by atoms with Crippen LogP contribution in [0.25, 0.3) is 0 Å². The van der Waals surface area contributed by atoms with Crippen LogP contribution in [0, 0.1) is 5.92 Å². The van der Waals surface area contributed by atoms with E-state index in [9.17, 15) is 4.79 Å². The molecule has 0 saturated heterocycles. The number of tetrazole rings is 1. The molecule has 2 unspecified atom stereocenters. The van der Waals surface area contributed by atoms with Gasteiger partial charge in [0.1, 0.15) is 12.4 Å². The highest BCUT2D eigenvalue weighted by molar-refractivity contribution is 5.93. The number of carbonyl (C=O) groups is 1. The quantitative estimate of drug-likeness (QED) is 0.861. The molecule has 8 nitrogen and oxygen atoms in total. The lowest BCUT2D eigenvalue weighted by atomic mass is 9.98. The van der Waals surface area contributed by atoms with E-state index in [0.29, 0.717) is 11.6 Å². The summed E-state index contributed by atoms with van der Waals surface area (Å²) in [6, 6.07) is 2.95. The van der Waals surface area contributed by atoms with Gasteiger partial charge in [0.15, 0.2) is 0 Å². The predicted molar refractivity (Wildman–Crippen MR) is 75.7 cm³/mol. The molecule has 1 amide bonds. The van der Waals surface area contributed by atoms with Crippen molar-refractivity contribution in [3.05, 3.63) is 24.7 Å². The lowest BCUT2D eigenvalue weighted by Crippen LogP contribution is -2.31. The SMILES string of the molecule is CCC(C)C(C(=O)Nc1ccc(OC)nc1)n1cnnn1. The van der Waals surface area contributed by atoms with Crippen LogP contribution in [0.4, 0.5) is 5.69 Å². The number of hydrogen-bond donors (Lipinski definition) is 1. The summed E-state index contributed by atoms with van der Waals surface area (Å²) in [6.07, 6.45) is 3.82. The number of rotatable bonds is 6. The first-order valence-corrected chi connectivity index (χ1v) is 6.69. The van der Waals surface area contributed by atoms with E-state index in [4.69, 9.17) is 4.74 Å². The standard InChI is InChI=1S/C13H18N6O2/c1-4-9(2)12(19-8-15-17-18-19)13(20)16-10-5-6-11(21-3)14-7-10/h5-9,12H,4H2,1-3H3,(H,16,20). The Hall–Kier alpha value is -2.51. The molecule has 0 radical (unpaired) electrons. The highest BCUT2D eigenvalue weighted by atomic mass is 16.5. The van der Waals surface area contributed by atoms with Crippen molar-refractivity contribution in [1.82, 2.24) is 25.2 Å². The lowest BCUT2D eigenvalue weighted by molar-refractivity contribution is -0.121. The molecule has 0 aromatic carbocycles. The Labute approximate surface area is 122 Å². The van der Waals surface area contributed by atoms with Gasteiger partial charge in [-0.1, -0.05) is 20.3 Å². The molecule has 0 saturated carbocycles. The number of hydrogen-bond acceptors (Lipinski definition) is 6. The zero-order chi connectivity index (χ0) is 15.2. The second kappa shape index (κ2) is 6.78. The van der Waals surface area contributed by atoms with Crippen LogP contribution in [0.3, 0.4) is 0 Å². The molecule has 2 aromatic rings. The van der Waals surface area contributed by atoms with E-state index >= 15 is 0 Å². The van der Waals surface area contributed by atoms with E-state index in [-0.39, 0.29) is 11.8 Å². The first-order chi connectivity index (χ1) is 10.2. The molecule has 2 atom stereocenters. The van der Waals surface area contributed by atoms with Gasteiger partial charge in [0.2, 0.25) is 11.8 Å². The third-order valence-electron chi connectivity index (χ3n) is 3.31. The lowest BCUT2D eigenvalue weighted by Gasteiger charge is -2.21. The third-order valence-corrected chi connectivity index (χ3v) is 3.31. The zero-order valence-electron chi connectivity index (χ0n) is 12.2.